The fraction of sp³-hybridized carbons (Fsp3) is 0.0645. The Morgan fingerprint density at radius 2 is 1.44 bits per heavy atom. The Hall–Kier alpha value is -4.09. The number of aromatic nitrogens is 3. The zero-order valence-corrected chi connectivity index (χ0v) is 24.8. The number of non-ortho nitro benzene ring substituents is 1. The van der Waals surface area contributed by atoms with Crippen LogP contribution in [-0.4, -0.2) is 19.0 Å². The summed E-state index contributed by atoms with van der Waals surface area (Å²) in [6, 6.07) is 33.0. The van der Waals surface area contributed by atoms with E-state index in [0.717, 1.165) is 48.3 Å². The summed E-state index contributed by atoms with van der Waals surface area (Å²) in [5, 5.41) is 13.2. The second kappa shape index (κ2) is 11.8. The minimum atomic E-state index is -0.391. The molecule has 0 saturated heterocycles. The van der Waals surface area contributed by atoms with E-state index in [1.54, 1.807) is 23.5 Å². The Balaban J connectivity index is 1.41. The van der Waals surface area contributed by atoms with Crippen molar-refractivity contribution in [2.24, 2.45) is 0 Å². The van der Waals surface area contributed by atoms with Crippen molar-refractivity contribution in [2.45, 2.75) is 13.1 Å². The van der Waals surface area contributed by atoms with Gasteiger partial charge in [-0.1, -0.05) is 78.9 Å². The average molecular weight is 611 g/mol. The molecule has 202 valence electrons. The van der Waals surface area contributed by atoms with Crippen molar-refractivity contribution in [3.63, 3.8) is 0 Å². The van der Waals surface area contributed by atoms with E-state index in [0.29, 0.717) is 17.0 Å². The number of nitro groups is 1. The second-order valence-corrected chi connectivity index (χ2v) is 12.4. The second-order valence-electron chi connectivity index (χ2n) is 9.27. The molecule has 0 aliphatic carbocycles. The number of thiazole rings is 2. The molecule has 3 aromatic heterocycles. The third-order valence-electron chi connectivity index (χ3n) is 6.64. The molecule has 0 N–H and O–H groups in total. The predicted molar refractivity (Wildman–Crippen MR) is 172 cm³/mol. The molecule has 3 heterocycles. The number of hydrogen-bond donors (Lipinski definition) is 0. The minimum Gasteiger partial charge on any atom is -0.318 e. The van der Waals surface area contributed by atoms with E-state index in [-0.39, 0.29) is 5.69 Å². The van der Waals surface area contributed by atoms with Crippen LogP contribution in [0.25, 0.3) is 33.1 Å². The Bertz CT molecular complexity index is 1960. The first-order chi connectivity index (χ1) is 20.0. The van der Waals surface area contributed by atoms with Crippen LogP contribution in [0.5, 0.6) is 0 Å². The molecule has 0 radical (unpaired) electrons. The molecular formula is C31H22N4O2S4. The first-order valence-electron chi connectivity index (χ1n) is 12.7. The highest BCUT2D eigenvalue weighted by Gasteiger charge is 2.19. The number of nitrogens with zero attached hydrogens (tertiary/aromatic N) is 4. The molecule has 0 spiro atoms. The van der Waals surface area contributed by atoms with E-state index < -0.39 is 4.92 Å². The first-order valence-corrected chi connectivity index (χ1v) is 15.2. The third kappa shape index (κ3) is 5.73. The van der Waals surface area contributed by atoms with E-state index in [4.69, 9.17) is 29.4 Å². The van der Waals surface area contributed by atoms with Crippen molar-refractivity contribution in [3.8, 4) is 33.1 Å². The molecule has 0 saturated carbocycles. The topological polar surface area (TPSA) is 65.9 Å². The molecular weight excluding hydrogens is 589 g/mol. The zero-order valence-electron chi connectivity index (χ0n) is 21.5. The van der Waals surface area contributed by atoms with Gasteiger partial charge in [-0.15, -0.1) is 22.7 Å². The highest BCUT2D eigenvalue weighted by atomic mass is 32.2. The summed E-state index contributed by atoms with van der Waals surface area (Å²) in [7, 11) is 0. The highest BCUT2D eigenvalue weighted by molar-refractivity contribution is 7.73. The maximum Gasteiger partial charge on any atom is 0.269 e. The standard InChI is InChI=1S/C31H22N4O2S4/c36-35(37)25-16-14-21(15-17-25)18-34-28(23-10-5-2-6-11-23)29(41-31(34)39)26-13-7-12-24(32-26)19-33-27(20-40-30(33)38)22-8-3-1-4-9-22/h1-17,20H,18-19H2. The summed E-state index contributed by atoms with van der Waals surface area (Å²) in [5.74, 6) is 0. The van der Waals surface area contributed by atoms with E-state index in [9.17, 15) is 10.1 Å². The monoisotopic (exact) mass is 610 g/mol. The van der Waals surface area contributed by atoms with Crippen molar-refractivity contribution in [2.75, 3.05) is 0 Å². The van der Waals surface area contributed by atoms with Crippen LogP contribution in [0, 0.1) is 18.0 Å². The van der Waals surface area contributed by atoms with E-state index >= 15 is 0 Å². The fourth-order valence-electron chi connectivity index (χ4n) is 4.68. The molecule has 0 amide bonds. The lowest BCUT2D eigenvalue weighted by Crippen LogP contribution is -2.05. The van der Waals surface area contributed by atoms with Crippen LogP contribution in [0.4, 0.5) is 5.69 Å². The van der Waals surface area contributed by atoms with Crippen molar-refractivity contribution in [1.29, 1.82) is 0 Å². The minimum absolute atomic E-state index is 0.0637. The summed E-state index contributed by atoms with van der Waals surface area (Å²) in [6.45, 7) is 1.04. The molecule has 41 heavy (non-hydrogen) atoms. The maximum atomic E-state index is 11.1. The van der Waals surface area contributed by atoms with Gasteiger partial charge in [0.2, 0.25) is 0 Å². The molecule has 0 aliphatic rings. The van der Waals surface area contributed by atoms with Crippen molar-refractivity contribution in [1.82, 2.24) is 14.1 Å². The Morgan fingerprint density at radius 3 is 2.12 bits per heavy atom. The lowest BCUT2D eigenvalue weighted by atomic mass is 10.1. The van der Waals surface area contributed by atoms with Gasteiger partial charge in [-0.25, -0.2) is 4.98 Å². The SMILES string of the molecule is O=[N+]([O-])c1ccc(Cn2c(-c3ccccc3)c(-c3cccc(Cn4c(-c5ccccc5)csc4=S)n3)sc2=S)cc1. The van der Waals surface area contributed by atoms with Crippen molar-refractivity contribution in [3.05, 3.63) is 138 Å². The van der Waals surface area contributed by atoms with Crippen LogP contribution in [0.1, 0.15) is 11.3 Å². The van der Waals surface area contributed by atoms with Gasteiger partial charge in [0.05, 0.1) is 39.1 Å². The van der Waals surface area contributed by atoms with E-state index in [2.05, 4.69) is 38.8 Å². The van der Waals surface area contributed by atoms with Gasteiger partial charge < -0.3 is 9.13 Å². The quantitative estimate of drug-likeness (QED) is 0.0976. The zero-order chi connectivity index (χ0) is 28.3. The van der Waals surface area contributed by atoms with E-state index in [1.807, 2.05) is 54.6 Å². The Morgan fingerprint density at radius 1 is 0.756 bits per heavy atom. The predicted octanol–water partition coefficient (Wildman–Crippen LogP) is 9.27. The number of nitro benzene ring substituents is 1. The van der Waals surface area contributed by atoms with Crippen LogP contribution in [0.2, 0.25) is 0 Å². The number of hydrogen-bond acceptors (Lipinski definition) is 7. The van der Waals surface area contributed by atoms with E-state index in [1.165, 1.54) is 23.5 Å². The van der Waals surface area contributed by atoms with Gasteiger partial charge in [0.15, 0.2) is 7.91 Å². The molecule has 6 nitrogen and oxygen atoms in total. The summed E-state index contributed by atoms with van der Waals surface area (Å²) >= 11 is 14.6. The summed E-state index contributed by atoms with van der Waals surface area (Å²) in [6.07, 6.45) is 0. The van der Waals surface area contributed by atoms with Crippen molar-refractivity contribution >= 4 is 52.8 Å². The summed E-state index contributed by atoms with van der Waals surface area (Å²) in [4.78, 5) is 16.8. The maximum absolute atomic E-state index is 11.1. The molecule has 0 bridgehead atoms. The average Bonchev–Trinajstić information content (AvgIpc) is 3.53. The Kier molecular flexibility index (Phi) is 7.80. The van der Waals surface area contributed by atoms with Crippen LogP contribution in [0.3, 0.4) is 0 Å². The summed E-state index contributed by atoms with van der Waals surface area (Å²) < 4.78 is 5.71. The van der Waals surface area contributed by atoms with Gasteiger partial charge in [-0.2, -0.15) is 0 Å². The molecule has 0 aliphatic heterocycles. The number of rotatable bonds is 8. The molecule has 0 atom stereocenters. The third-order valence-corrected chi connectivity index (χ3v) is 9.39. The van der Waals surface area contributed by atoms with Crippen LogP contribution < -0.4 is 0 Å². The van der Waals surface area contributed by atoms with Gasteiger partial charge in [0.1, 0.15) is 0 Å². The molecule has 0 unspecified atom stereocenters. The van der Waals surface area contributed by atoms with Gasteiger partial charge in [-0.05, 0) is 53.3 Å². The molecule has 6 aromatic rings. The number of benzene rings is 3. The van der Waals surface area contributed by atoms with Crippen LogP contribution in [0.15, 0.2) is 109 Å². The first kappa shape index (κ1) is 27.1. The van der Waals surface area contributed by atoms with Gasteiger partial charge in [-0.3, -0.25) is 10.1 Å². The van der Waals surface area contributed by atoms with Crippen LogP contribution >= 0.6 is 47.1 Å². The smallest absolute Gasteiger partial charge is 0.269 e. The van der Waals surface area contributed by atoms with Gasteiger partial charge >= 0.3 is 0 Å². The van der Waals surface area contributed by atoms with Gasteiger partial charge in [0, 0.05) is 24.1 Å². The molecule has 3 aromatic carbocycles. The lowest BCUT2D eigenvalue weighted by Gasteiger charge is -2.12. The largest absolute Gasteiger partial charge is 0.318 e. The van der Waals surface area contributed by atoms with Gasteiger partial charge in [0.25, 0.3) is 5.69 Å². The van der Waals surface area contributed by atoms with Crippen LogP contribution in [-0.2, 0) is 13.1 Å². The molecule has 10 heteroatoms. The Labute approximate surface area is 254 Å². The summed E-state index contributed by atoms with van der Waals surface area (Å²) in [5.41, 5.74) is 6.91. The number of pyridine rings is 1. The highest BCUT2D eigenvalue weighted by Crippen LogP contribution is 2.38. The van der Waals surface area contributed by atoms with Crippen molar-refractivity contribution < 1.29 is 4.92 Å². The normalized spacial score (nSPS) is 11.0. The molecule has 6 rings (SSSR count). The molecule has 0 fully saturated rings. The fourth-order valence-corrected chi connectivity index (χ4v) is 7.14. The lowest BCUT2D eigenvalue weighted by molar-refractivity contribution is -0.384.